The maximum absolute atomic E-state index is 4.43. The molecule has 1 saturated carbocycles. The Bertz CT molecular complexity index is 298. The van der Waals surface area contributed by atoms with Crippen molar-refractivity contribution in [2.75, 3.05) is 13.6 Å². The monoisotopic (exact) mass is 177 g/mol. The zero-order chi connectivity index (χ0) is 9.26. The van der Waals surface area contributed by atoms with E-state index in [0.29, 0.717) is 5.92 Å². The third kappa shape index (κ3) is 1.86. The second kappa shape index (κ2) is 3.42. The van der Waals surface area contributed by atoms with Gasteiger partial charge < -0.3 is 5.32 Å². The maximum Gasteiger partial charge on any atom is 0.125 e. The summed E-state index contributed by atoms with van der Waals surface area (Å²) >= 11 is 0. The van der Waals surface area contributed by atoms with Crippen LogP contribution in [0.1, 0.15) is 23.9 Å². The van der Waals surface area contributed by atoms with Crippen LogP contribution >= 0.6 is 0 Å². The van der Waals surface area contributed by atoms with Crippen molar-refractivity contribution >= 4 is 0 Å². The van der Waals surface area contributed by atoms with Crippen LogP contribution < -0.4 is 5.32 Å². The molecule has 1 aliphatic carbocycles. The molecule has 1 heterocycles. The number of rotatable bonds is 3. The van der Waals surface area contributed by atoms with Gasteiger partial charge in [-0.3, -0.25) is 0 Å². The van der Waals surface area contributed by atoms with E-state index < -0.39 is 0 Å². The van der Waals surface area contributed by atoms with Crippen LogP contribution in [0.25, 0.3) is 0 Å². The Kier molecular flexibility index (Phi) is 2.27. The van der Waals surface area contributed by atoms with Crippen molar-refractivity contribution in [2.45, 2.75) is 19.3 Å². The van der Waals surface area contributed by atoms with Gasteiger partial charge in [-0.25, -0.2) is 9.97 Å². The third-order valence-corrected chi connectivity index (χ3v) is 2.57. The Morgan fingerprint density at radius 2 is 2.46 bits per heavy atom. The van der Waals surface area contributed by atoms with E-state index in [1.54, 1.807) is 0 Å². The van der Waals surface area contributed by atoms with E-state index in [9.17, 15) is 0 Å². The molecule has 1 N–H and O–H groups in total. The molecule has 1 fully saturated rings. The highest BCUT2D eigenvalue weighted by atomic mass is 14.9. The zero-order valence-electron chi connectivity index (χ0n) is 8.12. The fraction of sp³-hybridized carbons (Fsp3) is 0.600. The number of nitrogens with zero attached hydrogens (tertiary/aromatic N) is 2. The van der Waals surface area contributed by atoms with E-state index in [1.165, 1.54) is 12.1 Å². The van der Waals surface area contributed by atoms with Crippen LogP contribution in [0.2, 0.25) is 0 Å². The summed E-state index contributed by atoms with van der Waals surface area (Å²) in [5.41, 5.74) is 1.22. The fourth-order valence-corrected chi connectivity index (χ4v) is 1.78. The Morgan fingerprint density at radius 3 is 3.15 bits per heavy atom. The van der Waals surface area contributed by atoms with Crippen molar-refractivity contribution in [1.82, 2.24) is 15.3 Å². The molecule has 1 aromatic rings. The second-order valence-corrected chi connectivity index (χ2v) is 3.69. The highest BCUT2D eigenvalue weighted by Crippen LogP contribution is 2.45. The normalized spacial score (nSPS) is 26.0. The largest absolute Gasteiger partial charge is 0.319 e. The lowest BCUT2D eigenvalue weighted by Crippen LogP contribution is -2.10. The van der Waals surface area contributed by atoms with Crippen LogP contribution in [0.4, 0.5) is 0 Å². The van der Waals surface area contributed by atoms with E-state index in [2.05, 4.69) is 15.3 Å². The van der Waals surface area contributed by atoms with Gasteiger partial charge in [0.1, 0.15) is 5.82 Å². The molecule has 0 spiro atoms. The predicted molar refractivity (Wildman–Crippen MR) is 51.5 cm³/mol. The number of hydrogen-bond donors (Lipinski definition) is 1. The molecule has 0 aromatic carbocycles. The summed E-state index contributed by atoms with van der Waals surface area (Å²) in [6.45, 7) is 3.05. The SMILES string of the molecule is CNCC1CC1c1ccnc(C)n1. The molecule has 2 rings (SSSR count). The smallest absolute Gasteiger partial charge is 0.125 e. The lowest BCUT2D eigenvalue weighted by molar-refractivity contribution is 0.692. The van der Waals surface area contributed by atoms with Gasteiger partial charge in [0.25, 0.3) is 0 Å². The number of nitrogens with one attached hydrogen (secondary N) is 1. The molecule has 0 amide bonds. The average molecular weight is 177 g/mol. The van der Waals surface area contributed by atoms with Gasteiger partial charge in [-0.1, -0.05) is 0 Å². The van der Waals surface area contributed by atoms with Crippen LogP contribution in [-0.2, 0) is 0 Å². The molecule has 0 radical (unpaired) electrons. The van der Waals surface area contributed by atoms with Crippen molar-refractivity contribution in [3.63, 3.8) is 0 Å². The van der Waals surface area contributed by atoms with Crippen molar-refractivity contribution < 1.29 is 0 Å². The first-order chi connectivity index (χ1) is 6.31. The lowest BCUT2D eigenvalue weighted by atomic mass is 10.2. The molecule has 0 saturated heterocycles. The van der Waals surface area contributed by atoms with Crippen molar-refractivity contribution in [2.24, 2.45) is 5.92 Å². The number of aryl methyl sites for hydroxylation is 1. The summed E-state index contributed by atoms with van der Waals surface area (Å²) in [7, 11) is 2.00. The lowest BCUT2D eigenvalue weighted by Gasteiger charge is -1.99. The van der Waals surface area contributed by atoms with Gasteiger partial charge >= 0.3 is 0 Å². The number of aromatic nitrogens is 2. The first-order valence-corrected chi connectivity index (χ1v) is 4.75. The topological polar surface area (TPSA) is 37.8 Å². The summed E-state index contributed by atoms with van der Waals surface area (Å²) in [4.78, 5) is 8.52. The van der Waals surface area contributed by atoms with Crippen molar-refractivity contribution in [1.29, 1.82) is 0 Å². The van der Waals surface area contributed by atoms with Crippen molar-refractivity contribution in [3.05, 3.63) is 23.8 Å². The van der Waals surface area contributed by atoms with Gasteiger partial charge in [0.2, 0.25) is 0 Å². The molecule has 0 bridgehead atoms. The average Bonchev–Trinajstić information content (AvgIpc) is 2.85. The van der Waals surface area contributed by atoms with E-state index in [-0.39, 0.29) is 0 Å². The maximum atomic E-state index is 4.43. The Hall–Kier alpha value is -0.960. The van der Waals surface area contributed by atoms with Gasteiger partial charge in [-0.05, 0) is 38.9 Å². The molecule has 3 nitrogen and oxygen atoms in total. The van der Waals surface area contributed by atoms with Gasteiger partial charge in [-0.15, -0.1) is 0 Å². The first-order valence-electron chi connectivity index (χ1n) is 4.75. The minimum atomic E-state index is 0.675. The predicted octanol–water partition coefficient (Wildman–Crippen LogP) is 1.11. The minimum Gasteiger partial charge on any atom is -0.319 e. The van der Waals surface area contributed by atoms with Gasteiger partial charge in [-0.2, -0.15) is 0 Å². The molecule has 0 aliphatic heterocycles. The standard InChI is InChI=1S/C10H15N3/c1-7-12-4-3-10(13-7)9-5-8(9)6-11-2/h3-4,8-9,11H,5-6H2,1-2H3. The van der Waals surface area contributed by atoms with Crippen LogP contribution in [0.15, 0.2) is 12.3 Å². The molecule has 13 heavy (non-hydrogen) atoms. The Labute approximate surface area is 78.6 Å². The summed E-state index contributed by atoms with van der Waals surface area (Å²) in [6, 6.07) is 2.04. The highest BCUT2D eigenvalue weighted by molar-refractivity contribution is 5.17. The molecule has 2 atom stereocenters. The molecular formula is C10H15N3. The molecule has 1 aromatic heterocycles. The molecule has 1 aliphatic rings. The zero-order valence-corrected chi connectivity index (χ0v) is 8.12. The second-order valence-electron chi connectivity index (χ2n) is 3.69. The van der Waals surface area contributed by atoms with E-state index >= 15 is 0 Å². The van der Waals surface area contributed by atoms with Gasteiger partial charge in [0.15, 0.2) is 0 Å². The summed E-state index contributed by atoms with van der Waals surface area (Å²) in [6.07, 6.45) is 3.13. The summed E-state index contributed by atoms with van der Waals surface area (Å²) in [5.74, 6) is 2.35. The molecule has 3 heteroatoms. The Balaban J connectivity index is 2.03. The molecule has 70 valence electrons. The fourth-order valence-electron chi connectivity index (χ4n) is 1.78. The van der Waals surface area contributed by atoms with E-state index in [0.717, 1.165) is 18.3 Å². The summed E-state index contributed by atoms with van der Waals surface area (Å²) in [5, 5.41) is 3.20. The van der Waals surface area contributed by atoms with Crippen LogP contribution in [0.5, 0.6) is 0 Å². The van der Waals surface area contributed by atoms with Crippen LogP contribution in [-0.4, -0.2) is 23.6 Å². The first kappa shape index (κ1) is 8.63. The van der Waals surface area contributed by atoms with E-state index in [1.807, 2.05) is 26.2 Å². The van der Waals surface area contributed by atoms with E-state index in [4.69, 9.17) is 0 Å². The summed E-state index contributed by atoms with van der Waals surface area (Å²) < 4.78 is 0. The van der Waals surface area contributed by atoms with Gasteiger partial charge in [0.05, 0.1) is 0 Å². The number of hydrogen-bond acceptors (Lipinski definition) is 3. The van der Waals surface area contributed by atoms with Crippen LogP contribution in [0.3, 0.4) is 0 Å². The third-order valence-electron chi connectivity index (χ3n) is 2.57. The van der Waals surface area contributed by atoms with Crippen LogP contribution in [0, 0.1) is 12.8 Å². The molecule has 2 unspecified atom stereocenters. The van der Waals surface area contributed by atoms with Crippen molar-refractivity contribution in [3.8, 4) is 0 Å². The van der Waals surface area contributed by atoms with Gasteiger partial charge in [0, 0.05) is 17.8 Å². The quantitative estimate of drug-likeness (QED) is 0.751. The minimum absolute atomic E-state index is 0.675. The molecular weight excluding hydrogens is 162 g/mol. The Morgan fingerprint density at radius 1 is 1.62 bits per heavy atom. The highest BCUT2D eigenvalue weighted by Gasteiger charge is 2.38.